The molecule has 2 saturated heterocycles. The molecule has 2 aliphatic heterocycles. The summed E-state index contributed by atoms with van der Waals surface area (Å²) in [5.41, 5.74) is 0. The number of hydrogen-bond donors (Lipinski definition) is 1. The monoisotopic (exact) mass is 112 g/mol. The molecule has 2 nitrogen and oxygen atoms in total. The summed E-state index contributed by atoms with van der Waals surface area (Å²) in [6, 6.07) is 0.847. The number of nitrogens with zero attached hydrogens (tertiary/aromatic N) is 1. The van der Waals surface area contributed by atoms with E-state index in [1.54, 1.807) is 0 Å². The normalized spacial score (nSPS) is 46.1. The first kappa shape index (κ1) is 4.77. The fraction of sp³-hybridized carbons (Fsp3) is 1.00. The fourth-order valence-electron chi connectivity index (χ4n) is 1.67. The van der Waals surface area contributed by atoms with Gasteiger partial charge in [-0.15, -0.1) is 0 Å². The molecule has 0 aliphatic carbocycles. The van der Waals surface area contributed by atoms with Gasteiger partial charge in [-0.1, -0.05) is 0 Å². The lowest BCUT2D eigenvalue weighted by atomic mass is 9.96. The van der Waals surface area contributed by atoms with Crippen molar-refractivity contribution in [3.63, 3.8) is 0 Å². The van der Waals surface area contributed by atoms with Crippen molar-refractivity contribution in [3.05, 3.63) is 0 Å². The molecule has 0 aromatic rings. The molecule has 0 radical (unpaired) electrons. The summed E-state index contributed by atoms with van der Waals surface area (Å²) in [7, 11) is 2.19. The van der Waals surface area contributed by atoms with Crippen LogP contribution in [0, 0.1) is 5.92 Å². The highest BCUT2D eigenvalue weighted by atomic mass is 15.2. The summed E-state index contributed by atoms with van der Waals surface area (Å²) >= 11 is 0. The Bertz CT molecular complexity index is 90.7. The van der Waals surface area contributed by atoms with Crippen molar-refractivity contribution in [2.45, 2.75) is 6.04 Å². The zero-order valence-corrected chi connectivity index (χ0v) is 5.22. The van der Waals surface area contributed by atoms with Gasteiger partial charge in [-0.2, -0.15) is 0 Å². The van der Waals surface area contributed by atoms with E-state index in [2.05, 4.69) is 17.3 Å². The second-order valence-corrected chi connectivity index (χ2v) is 3.00. The third kappa shape index (κ3) is 0.501. The molecule has 0 aromatic heterocycles. The van der Waals surface area contributed by atoms with Gasteiger partial charge >= 0.3 is 0 Å². The van der Waals surface area contributed by atoms with Crippen LogP contribution in [0.4, 0.5) is 0 Å². The molecular weight excluding hydrogens is 100 g/mol. The lowest BCUT2D eigenvalue weighted by Gasteiger charge is -2.30. The van der Waals surface area contributed by atoms with Gasteiger partial charge in [0, 0.05) is 31.6 Å². The molecule has 2 heterocycles. The van der Waals surface area contributed by atoms with Gasteiger partial charge in [0.05, 0.1) is 0 Å². The van der Waals surface area contributed by atoms with E-state index in [4.69, 9.17) is 0 Å². The van der Waals surface area contributed by atoms with Gasteiger partial charge in [-0.25, -0.2) is 0 Å². The SMILES string of the molecule is CN1C[C@@H]2CN[C@@H]2C1. The predicted molar refractivity (Wildman–Crippen MR) is 32.8 cm³/mol. The molecule has 2 rings (SSSR count). The third-order valence-corrected chi connectivity index (χ3v) is 2.27. The maximum atomic E-state index is 3.40. The second-order valence-electron chi connectivity index (χ2n) is 3.00. The van der Waals surface area contributed by atoms with E-state index in [0.717, 1.165) is 12.0 Å². The Morgan fingerprint density at radius 3 is 2.62 bits per heavy atom. The standard InChI is InChI=1S/C6H12N2/c1-8-3-5-2-7-6(5)4-8/h5-7H,2-4H2,1H3/t5-,6+/m0/s1. The van der Waals surface area contributed by atoms with Crippen molar-refractivity contribution in [3.8, 4) is 0 Å². The molecule has 0 bridgehead atoms. The Morgan fingerprint density at radius 2 is 2.38 bits per heavy atom. The molecule has 0 spiro atoms. The van der Waals surface area contributed by atoms with Crippen LogP contribution >= 0.6 is 0 Å². The van der Waals surface area contributed by atoms with Crippen molar-refractivity contribution >= 4 is 0 Å². The average molecular weight is 112 g/mol. The molecule has 2 fully saturated rings. The maximum Gasteiger partial charge on any atom is 0.0247 e. The molecule has 46 valence electrons. The summed E-state index contributed by atoms with van der Waals surface area (Å²) in [5, 5.41) is 3.40. The van der Waals surface area contributed by atoms with E-state index >= 15 is 0 Å². The fourth-order valence-corrected chi connectivity index (χ4v) is 1.67. The minimum absolute atomic E-state index is 0.847. The highest BCUT2D eigenvalue weighted by Gasteiger charge is 2.36. The third-order valence-electron chi connectivity index (χ3n) is 2.27. The Kier molecular flexibility index (Phi) is 0.866. The van der Waals surface area contributed by atoms with E-state index < -0.39 is 0 Å². The number of rotatable bonds is 0. The molecule has 2 atom stereocenters. The van der Waals surface area contributed by atoms with Gasteiger partial charge in [0.2, 0.25) is 0 Å². The van der Waals surface area contributed by atoms with Crippen LogP contribution in [0.15, 0.2) is 0 Å². The van der Waals surface area contributed by atoms with Gasteiger partial charge in [-0.3, -0.25) is 0 Å². The molecular formula is C6H12N2. The van der Waals surface area contributed by atoms with Crippen LogP contribution in [0.1, 0.15) is 0 Å². The molecule has 0 saturated carbocycles. The lowest BCUT2D eigenvalue weighted by Crippen LogP contribution is -2.51. The number of likely N-dealkylation sites (tertiary alicyclic amines) is 1. The highest BCUT2D eigenvalue weighted by molar-refractivity contribution is 4.96. The van der Waals surface area contributed by atoms with Gasteiger partial charge in [0.25, 0.3) is 0 Å². The second kappa shape index (κ2) is 1.45. The largest absolute Gasteiger partial charge is 0.312 e. The van der Waals surface area contributed by atoms with Crippen LogP contribution < -0.4 is 5.32 Å². The summed E-state index contributed by atoms with van der Waals surface area (Å²) in [4.78, 5) is 2.40. The van der Waals surface area contributed by atoms with Crippen molar-refractivity contribution < 1.29 is 0 Å². The predicted octanol–water partition coefficient (Wildman–Crippen LogP) is -0.480. The number of nitrogens with one attached hydrogen (secondary N) is 1. The van der Waals surface area contributed by atoms with Crippen LogP contribution in [-0.4, -0.2) is 37.6 Å². The zero-order valence-electron chi connectivity index (χ0n) is 5.22. The van der Waals surface area contributed by atoms with E-state index in [1.165, 1.54) is 19.6 Å². The summed E-state index contributed by atoms with van der Waals surface area (Å²) in [6.07, 6.45) is 0. The quantitative estimate of drug-likeness (QED) is 0.455. The maximum absolute atomic E-state index is 3.40. The van der Waals surface area contributed by atoms with Crippen LogP contribution in [0.5, 0.6) is 0 Å². The zero-order chi connectivity index (χ0) is 5.56. The molecule has 1 N–H and O–H groups in total. The van der Waals surface area contributed by atoms with Gasteiger partial charge in [0.15, 0.2) is 0 Å². The van der Waals surface area contributed by atoms with Crippen LogP contribution in [0.2, 0.25) is 0 Å². The first-order valence-electron chi connectivity index (χ1n) is 3.28. The number of likely N-dealkylation sites (N-methyl/N-ethyl adjacent to an activating group) is 1. The van der Waals surface area contributed by atoms with Crippen LogP contribution in [0.3, 0.4) is 0 Å². The topological polar surface area (TPSA) is 15.3 Å². The number of hydrogen-bond acceptors (Lipinski definition) is 2. The molecule has 2 heteroatoms. The smallest absolute Gasteiger partial charge is 0.0247 e. The van der Waals surface area contributed by atoms with Crippen molar-refractivity contribution in [1.29, 1.82) is 0 Å². The molecule has 0 aromatic carbocycles. The summed E-state index contributed by atoms with van der Waals surface area (Å²) < 4.78 is 0. The van der Waals surface area contributed by atoms with Crippen LogP contribution in [-0.2, 0) is 0 Å². The van der Waals surface area contributed by atoms with Gasteiger partial charge < -0.3 is 10.2 Å². The van der Waals surface area contributed by atoms with E-state index in [1.807, 2.05) is 0 Å². The molecule has 2 aliphatic rings. The summed E-state index contributed by atoms with van der Waals surface area (Å²) in [6.45, 7) is 3.84. The van der Waals surface area contributed by atoms with Crippen molar-refractivity contribution in [1.82, 2.24) is 10.2 Å². The average Bonchev–Trinajstić information content (AvgIpc) is 1.91. The Balaban J connectivity index is 2.00. The molecule has 0 amide bonds. The van der Waals surface area contributed by atoms with Gasteiger partial charge in [0.1, 0.15) is 0 Å². The van der Waals surface area contributed by atoms with Crippen LogP contribution in [0.25, 0.3) is 0 Å². The summed E-state index contributed by atoms with van der Waals surface area (Å²) in [5.74, 6) is 0.986. The minimum Gasteiger partial charge on any atom is -0.312 e. The van der Waals surface area contributed by atoms with Gasteiger partial charge in [-0.05, 0) is 7.05 Å². The highest BCUT2D eigenvalue weighted by Crippen LogP contribution is 2.21. The molecule has 8 heavy (non-hydrogen) atoms. The Hall–Kier alpha value is -0.0800. The Labute approximate surface area is 49.9 Å². The lowest BCUT2D eigenvalue weighted by molar-refractivity contribution is 0.297. The Morgan fingerprint density at radius 1 is 1.50 bits per heavy atom. The first-order chi connectivity index (χ1) is 3.86. The van der Waals surface area contributed by atoms with Crippen molar-refractivity contribution in [2.75, 3.05) is 26.7 Å². The molecule has 0 unspecified atom stereocenters. The van der Waals surface area contributed by atoms with E-state index in [0.29, 0.717) is 0 Å². The number of fused-ring (bicyclic) bond motifs is 1. The first-order valence-corrected chi connectivity index (χ1v) is 3.28. The van der Waals surface area contributed by atoms with E-state index in [9.17, 15) is 0 Å². The minimum atomic E-state index is 0.847. The van der Waals surface area contributed by atoms with E-state index in [-0.39, 0.29) is 0 Å². The van der Waals surface area contributed by atoms with Crippen molar-refractivity contribution in [2.24, 2.45) is 5.92 Å².